The van der Waals surface area contributed by atoms with Gasteiger partial charge in [-0.2, -0.15) is 0 Å². The van der Waals surface area contributed by atoms with Gasteiger partial charge in [0.05, 0.1) is 10.0 Å². The van der Waals surface area contributed by atoms with Crippen molar-refractivity contribution in [3.05, 3.63) is 22.8 Å². The number of ketones is 1. The van der Waals surface area contributed by atoms with Gasteiger partial charge in [0.15, 0.2) is 5.78 Å². The molecule has 0 aromatic carbocycles. The molecule has 1 aromatic rings. The maximum absolute atomic E-state index is 11.0. The van der Waals surface area contributed by atoms with Crippen LogP contribution in [-0.4, -0.2) is 17.0 Å². The summed E-state index contributed by atoms with van der Waals surface area (Å²) in [5, 5.41) is 1.23. The minimum Gasteiger partial charge on any atom is -0.294 e. The van der Waals surface area contributed by atoms with Gasteiger partial charge >= 0.3 is 0 Å². The molecule has 1 rings (SSSR count). The largest absolute Gasteiger partial charge is 0.294 e. The lowest BCUT2D eigenvalue weighted by molar-refractivity contribution is 0.101. The van der Waals surface area contributed by atoms with Crippen LogP contribution < -0.4 is 0 Å². The predicted molar refractivity (Wildman–Crippen MR) is 51.0 cm³/mol. The fourth-order valence-electron chi connectivity index (χ4n) is 0.801. The van der Waals surface area contributed by atoms with E-state index in [1.165, 1.54) is 24.9 Å². The predicted octanol–water partition coefficient (Wildman–Crippen LogP) is 2.66. The first-order valence-corrected chi connectivity index (χ1v) is 4.96. The van der Waals surface area contributed by atoms with Crippen LogP contribution in [0.15, 0.2) is 17.3 Å². The van der Waals surface area contributed by atoms with E-state index in [0.717, 1.165) is 5.03 Å². The molecule has 1 heterocycles. The van der Waals surface area contributed by atoms with E-state index in [1.54, 1.807) is 6.07 Å². The number of carbonyl (C=O) groups is 1. The van der Waals surface area contributed by atoms with Crippen LogP contribution in [0.3, 0.4) is 0 Å². The van der Waals surface area contributed by atoms with E-state index in [1.807, 2.05) is 6.26 Å². The summed E-state index contributed by atoms with van der Waals surface area (Å²) in [6.45, 7) is 1.49. The maximum atomic E-state index is 11.0. The molecule has 0 spiro atoms. The minimum absolute atomic E-state index is 0.0299. The van der Waals surface area contributed by atoms with Gasteiger partial charge in [0, 0.05) is 11.8 Å². The smallest absolute Gasteiger partial charge is 0.161 e. The van der Waals surface area contributed by atoms with E-state index in [2.05, 4.69) is 4.98 Å². The van der Waals surface area contributed by atoms with Crippen molar-refractivity contribution in [2.45, 2.75) is 11.9 Å². The zero-order valence-corrected chi connectivity index (χ0v) is 8.37. The van der Waals surface area contributed by atoms with Crippen LogP contribution in [-0.2, 0) is 0 Å². The topological polar surface area (TPSA) is 30.0 Å². The Hall–Kier alpha value is -0.540. The van der Waals surface area contributed by atoms with Gasteiger partial charge in [-0.05, 0) is 19.2 Å². The third kappa shape index (κ3) is 1.99. The number of nitrogens with zero attached hydrogens (tertiary/aromatic N) is 1. The monoisotopic (exact) mass is 201 g/mol. The average molecular weight is 202 g/mol. The lowest BCUT2D eigenvalue weighted by atomic mass is 10.2. The first-order chi connectivity index (χ1) is 5.65. The van der Waals surface area contributed by atoms with E-state index in [0.29, 0.717) is 10.6 Å². The fraction of sp³-hybridized carbons (Fsp3) is 0.250. The highest BCUT2D eigenvalue weighted by atomic mass is 35.5. The van der Waals surface area contributed by atoms with Crippen molar-refractivity contribution < 1.29 is 4.79 Å². The molecule has 0 N–H and O–H groups in total. The molecule has 0 fully saturated rings. The lowest BCUT2D eigenvalue weighted by Gasteiger charge is -2.00. The Labute approximate surface area is 80.3 Å². The molecule has 0 saturated carbocycles. The summed E-state index contributed by atoms with van der Waals surface area (Å²) in [6, 6.07) is 1.70. The summed E-state index contributed by atoms with van der Waals surface area (Å²) in [5.41, 5.74) is 0.538. The molecule has 12 heavy (non-hydrogen) atoms. The van der Waals surface area contributed by atoms with Crippen LogP contribution in [0, 0.1) is 0 Å². The van der Waals surface area contributed by atoms with Crippen LogP contribution in [0.1, 0.15) is 17.3 Å². The second kappa shape index (κ2) is 3.92. The van der Waals surface area contributed by atoms with Crippen LogP contribution in [0.4, 0.5) is 0 Å². The molecular formula is C8H8ClNOS. The van der Waals surface area contributed by atoms with Gasteiger partial charge in [-0.15, -0.1) is 11.8 Å². The summed E-state index contributed by atoms with van der Waals surface area (Å²) in [5.74, 6) is -0.0299. The number of rotatable bonds is 2. The third-order valence-corrected chi connectivity index (χ3v) is 2.36. The van der Waals surface area contributed by atoms with Gasteiger partial charge in [-0.3, -0.25) is 4.79 Å². The molecule has 0 saturated heterocycles. The summed E-state index contributed by atoms with van der Waals surface area (Å²) >= 11 is 7.24. The van der Waals surface area contributed by atoms with Gasteiger partial charge in [0.1, 0.15) is 0 Å². The van der Waals surface area contributed by atoms with Crippen molar-refractivity contribution in [2.24, 2.45) is 0 Å². The third-order valence-electron chi connectivity index (χ3n) is 1.42. The number of pyridine rings is 1. The highest BCUT2D eigenvalue weighted by Gasteiger charge is 2.06. The van der Waals surface area contributed by atoms with Crippen molar-refractivity contribution >= 4 is 29.1 Å². The SMILES string of the molecule is CSc1cc(C(C)=O)c(Cl)cn1. The zero-order chi connectivity index (χ0) is 9.14. The number of carbonyl (C=O) groups excluding carboxylic acids is 1. The van der Waals surface area contributed by atoms with Crippen LogP contribution >= 0.6 is 23.4 Å². The highest BCUT2D eigenvalue weighted by molar-refractivity contribution is 7.98. The van der Waals surface area contributed by atoms with Crippen molar-refractivity contribution in [1.29, 1.82) is 0 Å². The molecule has 2 nitrogen and oxygen atoms in total. The highest BCUT2D eigenvalue weighted by Crippen LogP contribution is 2.20. The van der Waals surface area contributed by atoms with E-state index < -0.39 is 0 Å². The maximum Gasteiger partial charge on any atom is 0.161 e. The van der Waals surface area contributed by atoms with Gasteiger partial charge in [-0.1, -0.05) is 11.6 Å². The molecule has 0 bridgehead atoms. The number of thioether (sulfide) groups is 1. The molecule has 64 valence electrons. The normalized spacial score (nSPS) is 9.92. The Kier molecular flexibility index (Phi) is 3.12. The number of halogens is 1. The Balaban J connectivity index is 3.17. The molecule has 0 atom stereocenters. The van der Waals surface area contributed by atoms with Gasteiger partial charge in [-0.25, -0.2) is 4.98 Å². The van der Waals surface area contributed by atoms with Crippen LogP contribution in [0.2, 0.25) is 5.02 Å². The van der Waals surface area contributed by atoms with Crippen molar-refractivity contribution in [3.8, 4) is 0 Å². The molecule has 0 aliphatic heterocycles. The van der Waals surface area contributed by atoms with Gasteiger partial charge in [0.2, 0.25) is 0 Å². The minimum atomic E-state index is -0.0299. The molecule has 0 aliphatic rings. The van der Waals surface area contributed by atoms with Crippen molar-refractivity contribution in [2.75, 3.05) is 6.26 Å². The fourth-order valence-corrected chi connectivity index (χ4v) is 1.43. The second-order valence-corrected chi connectivity index (χ2v) is 3.50. The molecule has 1 aromatic heterocycles. The first kappa shape index (κ1) is 9.55. The van der Waals surface area contributed by atoms with Gasteiger partial charge in [0.25, 0.3) is 0 Å². The zero-order valence-electron chi connectivity index (χ0n) is 6.80. The van der Waals surface area contributed by atoms with Gasteiger partial charge < -0.3 is 0 Å². The Bertz CT molecular complexity index is 314. The summed E-state index contributed by atoms with van der Waals surface area (Å²) in [4.78, 5) is 15.0. The molecule has 0 radical (unpaired) electrons. The molecular weight excluding hydrogens is 194 g/mol. The number of Topliss-reactive ketones (excluding diaryl/α,β-unsaturated/α-hetero) is 1. The number of hydrogen-bond donors (Lipinski definition) is 0. The molecule has 0 aliphatic carbocycles. The van der Waals surface area contributed by atoms with Crippen molar-refractivity contribution in [1.82, 2.24) is 4.98 Å². The van der Waals surface area contributed by atoms with E-state index in [9.17, 15) is 4.79 Å². The summed E-state index contributed by atoms with van der Waals surface area (Å²) in [6.07, 6.45) is 3.41. The lowest BCUT2D eigenvalue weighted by Crippen LogP contribution is -1.94. The van der Waals surface area contributed by atoms with Crippen molar-refractivity contribution in [3.63, 3.8) is 0 Å². The molecule has 4 heteroatoms. The molecule has 0 amide bonds. The van der Waals surface area contributed by atoms with Crippen LogP contribution in [0.5, 0.6) is 0 Å². The second-order valence-electron chi connectivity index (χ2n) is 2.26. The Morgan fingerprint density at radius 2 is 2.33 bits per heavy atom. The number of hydrogen-bond acceptors (Lipinski definition) is 3. The molecule has 0 unspecified atom stereocenters. The summed E-state index contributed by atoms with van der Waals surface area (Å²) < 4.78 is 0. The quantitative estimate of drug-likeness (QED) is 0.544. The van der Waals surface area contributed by atoms with E-state index in [4.69, 9.17) is 11.6 Å². The Morgan fingerprint density at radius 1 is 1.67 bits per heavy atom. The summed E-state index contributed by atoms with van der Waals surface area (Å²) in [7, 11) is 0. The number of aromatic nitrogens is 1. The first-order valence-electron chi connectivity index (χ1n) is 3.35. The average Bonchev–Trinajstić information content (AvgIpc) is 2.05. The van der Waals surface area contributed by atoms with E-state index in [-0.39, 0.29) is 5.78 Å². The van der Waals surface area contributed by atoms with Crippen LogP contribution in [0.25, 0.3) is 0 Å². The Morgan fingerprint density at radius 3 is 2.83 bits per heavy atom. The van der Waals surface area contributed by atoms with E-state index >= 15 is 0 Å². The standard InChI is InChI=1S/C8H8ClNOS/c1-5(11)6-3-8(12-2)10-4-7(6)9/h3-4H,1-2H3.